The largest absolute Gasteiger partial charge is 0.497 e. The normalized spacial score (nSPS) is 10.3. The second kappa shape index (κ2) is 4.99. The van der Waals surface area contributed by atoms with Gasteiger partial charge < -0.3 is 14.6 Å². The van der Waals surface area contributed by atoms with E-state index in [-0.39, 0.29) is 0 Å². The number of carboxylic acid groups (broad SMARTS) is 1. The minimum atomic E-state index is -1.24. The van der Waals surface area contributed by atoms with Gasteiger partial charge in [-0.05, 0) is 12.1 Å². The third-order valence-corrected chi connectivity index (χ3v) is 1.75. The highest BCUT2D eigenvalue weighted by atomic mass is 16.5. The molecular formula is C10H11NO4. The minimum Gasteiger partial charge on any atom is -0.497 e. The Balaban J connectivity index is 3.02. The lowest BCUT2D eigenvalue weighted by Crippen LogP contribution is -1.94. The first-order valence-electron chi connectivity index (χ1n) is 4.16. The van der Waals surface area contributed by atoms with Gasteiger partial charge in [0.2, 0.25) is 0 Å². The fourth-order valence-electron chi connectivity index (χ4n) is 1.05. The van der Waals surface area contributed by atoms with E-state index in [0.717, 1.165) is 0 Å². The Kier molecular flexibility index (Phi) is 3.68. The number of amides is 1. The van der Waals surface area contributed by atoms with E-state index in [4.69, 9.17) is 14.6 Å². The van der Waals surface area contributed by atoms with Crippen LogP contribution in [0.1, 0.15) is 5.56 Å². The second-order valence-electron chi connectivity index (χ2n) is 2.65. The maximum Gasteiger partial charge on any atom is 0.431 e. The molecule has 0 saturated carbocycles. The summed E-state index contributed by atoms with van der Waals surface area (Å²) in [7, 11) is 3.03. The maximum absolute atomic E-state index is 10.2. The average molecular weight is 209 g/mol. The van der Waals surface area contributed by atoms with Crippen LogP contribution in [0.15, 0.2) is 23.2 Å². The number of aliphatic imine (C=N–C) groups is 1. The van der Waals surface area contributed by atoms with Gasteiger partial charge in [-0.1, -0.05) is 0 Å². The van der Waals surface area contributed by atoms with E-state index < -0.39 is 6.09 Å². The molecule has 1 rings (SSSR count). The van der Waals surface area contributed by atoms with Crippen LogP contribution in [0.25, 0.3) is 0 Å². The Morgan fingerprint density at radius 1 is 1.40 bits per heavy atom. The number of rotatable bonds is 3. The second-order valence-corrected chi connectivity index (χ2v) is 2.65. The number of methoxy groups -OCH3 is 2. The molecule has 1 aromatic carbocycles. The highest BCUT2D eigenvalue weighted by Crippen LogP contribution is 2.22. The highest BCUT2D eigenvalue weighted by molar-refractivity contribution is 5.90. The van der Waals surface area contributed by atoms with Crippen LogP contribution in [0.5, 0.6) is 11.5 Å². The lowest BCUT2D eigenvalue weighted by atomic mass is 10.2. The predicted molar refractivity (Wildman–Crippen MR) is 55.2 cm³/mol. The Morgan fingerprint density at radius 2 is 2.13 bits per heavy atom. The number of nitrogens with zero attached hydrogens (tertiary/aromatic N) is 1. The zero-order valence-corrected chi connectivity index (χ0v) is 8.43. The first-order chi connectivity index (χ1) is 7.17. The first-order valence-corrected chi connectivity index (χ1v) is 4.16. The molecule has 0 aliphatic heterocycles. The van der Waals surface area contributed by atoms with Crippen molar-refractivity contribution < 1.29 is 19.4 Å². The zero-order valence-electron chi connectivity index (χ0n) is 8.43. The molecule has 0 aromatic heterocycles. The minimum absolute atomic E-state index is 0.513. The molecule has 15 heavy (non-hydrogen) atoms. The molecule has 0 atom stereocenters. The number of ether oxygens (including phenoxy) is 2. The molecule has 1 N–H and O–H groups in total. The van der Waals surface area contributed by atoms with Crippen molar-refractivity contribution in [2.45, 2.75) is 0 Å². The van der Waals surface area contributed by atoms with E-state index in [2.05, 4.69) is 4.99 Å². The quantitative estimate of drug-likeness (QED) is 0.770. The number of hydrogen-bond donors (Lipinski definition) is 1. The van der Waals surface area contributed by atoms with Crippen molar-refractivity contribution in [2.75, 3.05) is 14.2 Å². The van der Waals surface area contributed by atoms with Crippen LogP contribution in [-0.4, -0.2) is 31.6 Å². The van der Waals surface area contributed by atoms with E-state index in [1.54, 1.807) is 25.3 Å². The van der Waals surface area contributed by atoms with Gasteiger partial charge in [0, 0.05) is 17.8 Å². The van der Waals surface area contributed by atoms with E-state index in [9.17, 15) is 4.79 Å². The van der Waals surface area contributed by atoms with Gasteiger partial charge >= 0.3 is 6.09 Å². The van der Waals surface area contributed by atoms with Crippen molar-refractivity contribution in [3.8, 4) is 11.5 Å². The van der Waals surface area contributed by atoms with Gasteiger partial charge in [0.05, 0.1) is 14.2 Å². The lowest BCUT2D eigenvalue weighted by molar-refractivity contribution is 0.206. The summed E-state index contributed by atoms with van der Waals surface area (Å²) in [6, 6.07) is 5.03. The van der Waals surface area contributed by atoms with Gasteiger partial charge in [-0.15, -0.1) is 0 Å². The molecule has 0 spiro atoms. The molecule has 5 heteroatoms. The summed E-state index contributed by atoms with van der Waals surface area (Å²) in [5.74, 6) is 1.15. The number of hydrogen-bond acceptors (Lipinski definition) is 3. The summed E-state index contributed by atoms with van der Waals surface area (Å²) in [5, 5.41) is 8.38. The molecule has 1 aromatic rings. The van der Waals surface area contributed by atoms with E-state index in [1.807, 2.05) is 0 Å². The molecule has 0 radical (unpaired) electrons. The molecule has 0 saturated heterocycles. The zero-order chi connectivity index (χ0) is 11.3. The van der Waals surface area contributed by atoms with Crippen LogP contribution < -0.4 is 9.47 Å². The van der Waals surface area contributed by atoms with E-state index in [1.165, 1.54) is 13.3 Å². The summed E-state index contributed by atoms with van der Waals surface area (Å²) < 4.78 is 10.1. The summed E-state index contributed by atoms with van der Waals surface area (Å²) in [6.45, 7) is 0. The van der Waals surface area contributed by atoms with Crippen molar-refractivity contribution in [3.63, 3.8) is 0 Å². The van der Waals surface area contributed by atoms with Crippen LogP contribution in [0, 0.1) is 0 Å². The van der Waals surface area contributed by atoms with Crippen molar-refractivity contribution >= 4 is 12.3 Å². The van der Waals surface area contributed by atoms with Crippen LogP contribution in [0.4, 0.5) is 4.79 Å². The van der Waals surface area contributed by atoms with Crippen molar-refractivity contribution in [2.24, 2.45) is 4.99 Å². The van der Waals surface area contributed by atoms with Crippen LogP contribution in [0.3, 0.4) is 0 Å². The summed E-state index contributed by atoms with van der Waals surface area (Å²) >= 11 is 0. The van der Waals surface area contributed by atoms with Crippen LogP contribution in [0.2, 0.25) is 0 Å². The van der Waals surface area contributed by atoms with Crippen molar-refractivity contribution in [1.82, 2.24) is 0 Å². The van der Waals surface area contributed by atoms with Crippen LogP contribution >= 0.6 is 0 Å². The van der Waals surface area contributed by atoms with Gasteiger partial charge in [-0.2, -0.15) is 4.99 Å². The Labute approximate surface area is 87.0 Å². The summed E-state index contributed by atoms with van der Waals surface area (Å²) in [5.41, 5.74) is 0.584. The molecule has 1 amide bonds. The Bertz CT molecular complexity index is 387. The van der Waals surface area contributed by atoms with E-state index >= 15 is 0 Å². The van der Waals surface area contributed by atoms with Crippen molar-refractivity contribution in [1.29, 1.82) is 0 Å². The predicted octanol–water partition coefficient (Wildman–Crippen LogP) is 1.80. The molecular weight excluding hydrogens is 198 g/mol. The topological polar surface area (TPSA) is 68.1 Å². The molecule has 0 bridgehead atoms. The highest BCUT2D eigenvalue weighted by Gasteiger charge is 2.02. The smallest absolute Gasteiger partial charge is 0.431 e. The average Bonchev–Trinajstić information content (AvgIpc) is 2.25. The third kappa shape index (κ3) is 2.98. The molecule has 0 aliphatic carbocycles. The molecule has 0 aliphatic rings. The molecule has 0 heterocycles. The summed E-state index contributed by atoms with van der Waals surface area (Å²) in [6.07, 6.45) is -0.0199. The monoisotopic (exact) mass is 209 g/mol. The van der Waals surface area contributed by atoms with Gasteiger partial charge in [-0.25, -0.2) is 4.79 Å². The SMILES string of the molecule is COc1ccc(C=NC(=O)O)c(OC)c1. The number of benzene rings is 1. The van der Waals surface area contributed by atoms with E-state index in [0.29, 0.717) is 17.1 Å². The number of carbonyl (C=O) groups is 1. The van der Waals surface area contributed by atoms with Crippen LogP contribution in [-0.2, 0) is 0 Å². The Morgan fingerprint density at radius 3 is 2.67 bits per heavy atom. The Hall–Kier alpha value is -2.04. The van der Waals surface area contributed by atoms with Gasteiger partial charge in [0.15, 0.2) is 0 Å². The lowest BCUT2D eigenvalue weighted by Gasteiger charge is -2.06. The standard InChI is InChI=1S/C10H11NO4/c1-14-8-4-3-7(6-11-10(12)13)9(5-8)15-2/h3-6H,1-2H3,(H,12,13). The summed E-state index contributed by atoms with van der Waals surface area (Å²) in [4.78, 5) is 13.5. The molecule has 80 valence electrons. The molecule has 0 unspecified atom stereocenters. The fraction of sp³-hybridized carbons (Fsp3) is 0.200. The molecule has 5 nitrogen and oxygen atoms in total. The first kappa shape index (κ1) is 11.0. The van der Waals surface area contributed by atoms with Gasteiger partial charge in [0.25, 0.3) is 0 Å². The molecule has 0 fully saturated rings. The maximum atomic E-state index is 10.2. The van der Waals surface area contributed by atoms with Crippen molar-refractivity contribution in [3.05, 3.63) is 23.8 Å². The fourth-order valence-corrected chi connectivity index (χ4v) is 1.05. The van der Waals surface area contributed by atoms with Gasteiger partial charge in [-0.3, -0.25) is 0 Å². The third-order valence-electron chi connectivity index (χ3n) is 1.75. The van der Waals surface area contributed by atoms with Gasteiger partial charge in [0.1, 0.15) is 11.5 Å².